The lowest BCUT2D eigenvalue weighted by Gasteiger charge is -2.28. The number of fused-ring (bicyclic) bond motifs is 11. The summed E-state index contributed by atoms with van der Waals surface area (Å²) in [5, 5.41) is 11.6. The predicted molar refractivity (Wildman–Crippen MR) is 251 cm³/mol. The van der Waals surface area contributed by atoms with Crippen molar-refractivity contribution in [1.29, 1.82) is 0 Å². The maximum Gasteiger partial charge on any atom is 0.197 e. The van der Waals surface area contributed by atoms with Gasteiger partial charge >= 0.3 is 0 Å². The van der Waals surface area contributed by atoms with Crippen LogP contribution in [0, 0.1) is 0 Å². The number of nitrogens with one attached hydrogen (secondary N) is 1. The molecular formula is C55H48BN2. The number of hydrogen-bond acceptors (Lipinski definition) is 1. The van der Waals surface area contributed by atoms with E-state index in [1.165, 1.54) is 104 Å². The zero-order chi connectivity index (χ0) is 39.9. The van der Waals surface area contributed by atoms with Crippen molar-refractivity contribution in [2.45, 2.75) is 71.6 Å². The second-order valence-corrected chi connectivity index (χ2v) is 19.3. The number of anilines is 2. The van der Waals surface area contributed by atoms with Crippen LogP contribution < -0.4 is 16.2 Å². The molecular weight excluding hydrogens is 699 g/mol. The molecule has 3 heteroatoms. The molecule has 1 aromatic heterocycles. The van der Waals surface area contributed by atoms with Gasteiger partial charge in [0.15, 0.2) is 7.28 Å². The van der Waals surface area contributed by atoms with Crippen LogP contribution in [0.5, 0.6) is 0 Å². The Morgan fingerprint density at radius 2 is 1.22 bits per heavy atom. The summed E-state index contributed by atoms with van der Waals surface area (Å²) in [6.07, 6.45) is 0. The molecule has 9 aromatic rings. The van der Waals surface area contributed by atoms with E-state index in [0.29, 0.717) is 0 Å². The molecule has 0 amide bonds. The maximum atomic E-state index is 4.00. The summed E-state index contributed by atoms with van der Waals surface area (Å²) >= 11 is 0. The molecule has 1 radical (unpaired) electrons. The SMILES string of the molecule is CC(C)(C)c1ccc2c(c1)c1cc(C(C)(C)C)cc3c1n2-c1c(c(-c2c(Nc4ccc5c(c4)-c4ccccc4C5(C)C)ccc4ccccc24)cc2ccccc12)[B]3. The van der Waals surface area contributed by atoms with Crippen LogP contribution in [0.3, 0.4) is 0 Å². The minimum Gasteiger partial charge on any atom is -0.355 e. The lowest BCUT2D eigenvalue weighted by Crippen LogP contribution is -2.38. The van der Waals surface area contributed by atoms with Gasteiger partial charge in [0, 0.05) is 49.7 Å². The van der Waals surface area contributed by atoms with Crippen molar-refractivity contribution in [3.05, 3.63) is 162 Å². The smallest absolute Gasteiger partial charge is 0.197 e. The fraction of sp³-hybridized carbons (Fsp3) is 0.200. The Morgan fingerprint density at radius 3 is 2.02 bits per heavy atom. The molecule has 8 aromatic carbocycles. The highest BCUT2D eigenvalue weighted by Crippen LogP contribution is 2.50. The third-order valence-corrected chi connectivity index (χ3v) is 13.3. The van der Waals surface area contributed by atoms with Gasteiger partial charge in [0.2, 0.25) is 0 Å². The third kappa shape index (κ3) is 5.05. The van der Waals surface area contributed by atoms with Gasteiger partial charge in [0.1, 0.15) is 0 Å². The third-order valence-electron chi connectivity index (χ3n) is 13.3. The van der Waals surface area contributed by atoms with E-state index in [0.717, 1.165) is 11.4 Å². The van der Waals surface area contributed by atoms with E-state index in [2.05, 4.69) is 212 Å². The van der Waals surface area contributed by atoms with Gasteiger partial charge in [-0.2, -0.15) is 0 Å². The van der Waals surface area contributed by atoms with Gasteiger partial charge in [-0.1, -0.05) is 158 Å². The van der Waals surface area contributed by atoms with Crippen LogP contribution in [0.1, 0.15) is 77.6 Å². The highest BCUT2D eigenvalue weighted by molar-refractivity contribution is 6.74. The lowest BCUT2D eigenvalue weighted by molar-refractivity contribution is 0.590. The lowest BCUT2D eigenvalue weighted by atomic mass is 9.57. The van der Waals surface area contributed by atoms with Crippen molar-refractivity contribution in [3.63, 3.8) is 0 Å². The Labute approximate surface area is 342 Å². The second-order valence-electron chi connectivity index (χ2n) is 19.3. The monoisotopic (exact) mass is 747 g/mol. The number of rotatable bonds is 3. The van der Waals surface area contributed by atoms with Crippen molar-refractivity contribution in [1.82, 2.24) is 4.57 Å². The van der Waals surface area contributed by atoms with E-state index in [-0.39, 0.29) is 16.2 Å². The summed E-state index contributed by atoms with van der Waals surface area (Å²) in [5.74, 6) is 0. The number of aromatic nitrogens is 1. The Bertz CT molecular complexity index is 3220. The van der Waals surface area contributed by atoms with Gasteiger partial charge in [-0.3, -0.25) is 0 Å². The minimum atomic E-state index is -0.0376. The van der Waals surface area contributed by atoms with Gasteiger partial charge in [-0.25, -0.2) is 0 Å². The molecule has 281 valence electrons. The standard InChI is InChI=1S/C55H48BN2/c1-53(2,3)34-22-26-48-41(28-34)42-29-35(54(4,5)6)30-46-51(42)58(48)52-38-18-12-10-16-33(38)27-43(50(52)56-46)49-37-17-11-9-15-32(37)21-25-47(49)57-36-23-24-45-40(31-36)39-19-13-14-20-44(39)55(45,7)8/h9-31,57H,1-8H3. The Morgan fingerprint density at radius 1 is 0.534 bits per heavy atom. The van der Waals surface area contributed by atoms with Crippen LogP contribution in [0.4, 0.5) is 11.4 Å². The first kappa shape index (κ1) is 35.1. The van der Waals surface area contributed by atoms with Gasteiger partial charge < -0.3 is 9.88 Å². The molecule has 0 unspecified atom stereocenters. The Hall–Kier alpha value is -6.06. The molecule has 1 aliphatic carbocycles. The van der Waals surface area contributed by atoms with E-state index >= 15 is 0 Å². The molecule has 0 saturated heterocycles. The molecule has 2 heterocycles. The average Bonchev–Trinajstić information content (AvgIpc) is 3.65. The molecule has 0 fully saturated rings. The quantitative estimate of drug-likeness (QED) is 0.178. The van der Waals surface area contributed by atoms with Crippen LogP contribution in [0.25, 0.3) is 71.3 Å². The second kappa shape index (κ2) is 12.0. The maximum absolute atomic E-state index is 4.00. The molecule has 0 spiro atoms. The van der Waals surface area contributed by atoms with E-state index < -0.39 is 0 Å². The number of hydrogen-bond donors (Lipinski definition) is 1. The van der Waals surface area contributed by atoms with E-state index in [4.69, 9.17) is 0 Å². The van der Waals surface area contributed by atoms with Gasteiger partial charge in [0.25, 0.3) is 0 Å². The molecule has 58 heavy (non-hydrogen) atoms. The molecule has 0 atom stereocenters. The van der Waals surface area contributed by atoms with Crippen LogP contribution in [0.2, 0.25) is 0 Å². The van der Waals surface area contributed by atoms with Crippen LogP contribution >= 0.6 is 0 Å². The molecule has 1 N–H and O–H groups in total. The first-order valence-electron chi connectivity index (χ1n) is 20.8. The van der Waals surface area contributed by atoms with E-state index in [1.54, 1.807) is 0 Å². The van der Waals surface area contributed by atoms with Crippen molar-refractivity contribution in [2.75, 3.05) is 5.32 Å². The van der Waals surface area contributed by atoms with Crippen molar-refractivity contribution < 1.29 is 0 Å². The summed E-state index contributed by atoms with van der Waals surface area (Å²) in [5.41, 5.74) is 19.1. The largest absolute Gasteiger partial charge is 0.355 e. The highest BCUT2D eigenvalue weighted by Gasteiger charge is 2.35. The molecule has 2 nitrogen and oxygen atoms in total. The molecule has 1 aliphatic heterocycles. The topological polar surface area (TPSA) is 17.0 Å². The van der Waals surface area contributed by atoms with Crippen LogP contribution in [-0.2, 0) is 16.2 Å². The Balaban J connectivity index is 1.20. The van der Waals surface area contributed by atoms with E-state index in [1.807, 2.05) is 0 Å². The molecule has 2 aliphatic rings. The van der Waals surface area contributed by atoms with Crippen molar-refractivity contribution in [3.8, 4) is 27.9 Å². The minimum absolute atomic E-state index is 0.0145. The van der Waals surface area contributed by atoms with Gasteiger partial charge in [0.05, 0.1) is 5.52 Å². The van der Waals surface area contributed by atoms with Gasteiger partial charge in [-0.15, -0.1) is 0 Å². The Kier molecular flexibility index (Phi) is 7.26. The average molecular weight is 748 g/mol. The summed E-state index contributed by atoms with van der Waals surface area (Å²) < 4.78 is 2.60. The summed E-state index contributed by atoms with van der Waals surface area (Å²) in [4.78, 5) is 0. The molecule has 0 saturated carbocycles. The zero-order valence-electron chi connectivity index (χ0n) is 34.8. The van der Waals surface area contributed by atoms with Crippen molar-refractivity contribution in [2.24, 2.45) is 0 Å². The summed E-state index contributed by atoms with van der Waals surface area (Å²) in [6.45, 7) is 18.7. The summed E-state index contributed by atoms with van der Waals surface area (Å²) in [7, 11) is 2.50. The number of benzene rings is 8. The van der Waals surface area contributed by atoms with Gasteiger partial charge in [-0.05, 0) is 114 Å². The zero-order valence-corrected chi connectivity index (χ0v) is 34.8. The molecule has 0 bridgehead atoms. The first-order valence-corrected chi connectivity index (χ1v) is 20.8. The van der Waals surface area contributed by atoms with Crippen molar-refractivity contribution >= 4 is 72.9 Å². The highest BCUT2D eigenvalue weighted by atomic mass is 15.0. The fourth-order valence-electron chi connectivity index (χ4n) is 10.1. The fourth-order valence-corrected chi connectivity index (χ4v) is 10.1. The summed E-state index contributed by atoms with van der Waals surface area (Å²) in [6, 6.07) is 52.8. The van der Waals surface area contributed by atoms with E-state index in [9.17, 15) is 0 Å². The van der Waals surface area contributed by atoms with Crippen LogP contribution in [-0.4, -0.2) is 11.8 Å². The van der Waals surface area contributed by atoms with Crippen LogP contribution in [0.15, 0.2) is 140 Å². The normalized spacial score (nSPS) is 14.1. The molecule has 11 rings (SSSR count). The predicted octanol–water partition coefficient (Wildman–Crippen LogP) is 13.4. The first-order chi connectivity index (χ1) is 27.8. The number of nitrogens with zero attached hydrogens (tertiary/aromatic N) is 1.